The van der Waals surface area contributed by atoms with Crippen molar-refractivity contribution in [1.82, 2.24) is 15.3 Å². The molecule has 1 aromatic rings. The van der Waals surface area contributed by atoms with E-state index in [0.717, 1.165) is 11.5 Å². The molecule has 5 heteroatoms. The van der Waals surface area contributed by atoms with E-state index < -0.39 is 11.9 Å². The standard InChI is InChI=1S/C8H11N3O2/c1-4-10-6-3-9-2-5(8(12)13)7(6)11-4/h5,9H,2-3H2,1H3,(H,10,11)(H,12,13). The summed E-state index contributed by atoms with van der Waals surface area (Å²) in [6, 6.07) is 0. The van der Waals surface area contributed by atoms with Crippen molar-refractivity contribution in [2.24, 2.45) is 0 Å². The van der Waals surface area contributed by atoms with Crippen molar-refractivity contribution >= 4 is 5.97 Å². The fraction of sp³-hybridized carbons (Fsp3) is 0.500. The SMILES string of the molecule is Cc1nc2c([nH]1)CNCC2C(=O)O. The van der Waals surface area contributed by atoms with Crippen LogP contribution in [0.1, 0.15) is 23.1 Å². The van der Waals surface area contributed by atoms with Gasteiger partial charge in [0.25, 0.3) is 0 Å². The van der Waals surface area contributed by atoms with E-state index in [1.165, 1.54) is 0 Å². The number of nitrogens with zero attached hydrogens (tertiary/aromatic N) is 1. The summed E-state index contributed by atoms with van der Waals surface area (Å²) in [5.74, 6) is -0.548. The zero-order chi connectivity index (χ0) is 9.42. The minimum Gasteiger partial charge on any atom is -0.481 e. The van der Waals surface area contributed by atoms with Gasteiger partial charge in [0.1, 0.15) is 11.7 Å². The van der Waals surface area contributed by atoms with E-state index in [1.807, 2.05) is 6.92 Å². The Hall–Kier alpha value is -1.36. The molecule has 1 atom stereocenters. The molecule has 1 unspecified atom stereocenters. The first-order valence-electron chi connectivity index (χ1n) is 4.17. The Morgan fingerprint density at radius 1 is 1.69 bits per heavy atom. The monoisotopic (exact) mass is 181 g/mol. The van der Waals surface area contributed by atoms with E-state index in [2.05, 4.69) is 15.3 Å². The molecule has 0 radical (unpaired) electrons. The molecule has 0 aromatic carbocycles. The molecule has 0 fully saturated rings. The number of aromatic amines is 1. The fourth-order valence-corrected chi connectivity index (χ4v) is 1.62. The molecule has 3 N–H and O–H groups in total. The van der Waals surface area contributed by atoms with E-state index in [0.29, 0.717) is 18.8 Å². The number of imidazole rings is 1. The number of aryl methyl sites for hydroxylation is 1. The average molecular weight is 181 g/mol. The van der Waals surface area contributed by atoms with Gasteiger partial charge < -0.3 is 15.4 Å². The summed E-state index contributed by atoms with van der Waals surface area (Å²) in [5, 5.41) is 11.9. The third kappa shape index (κ3) is 1.31. The molecular formula is C8H11N3O2. The van der Waals surface area contributed by atoms with Crippen molar-refractivity contribution in [3.8, 4) is 0 Å². The lowest BCUT2D eigenvalue weighted by molar-refractivity contribution is -0.138. The van der Waals surface area contributed by atoms with Crippen LogP contribution in [0.25, 0.3) is 0 Å². The molecule has 0 spiro atoms. The number of hydrogen-bond donors (Lipinski definition) is 3. The highest BCUT2D eigenvalue weighted by atomic mass is 16.4. The van der Waals surface area contributed by atoms with Crippen molar-refractivity contribution in [2.45, 2.75) is 19.4 Å². The van der Waals surface area contributed by atoms with Crippen LogP contribution in [0.15, 0.2) is 0 Å². The summed E-state index contributed by atoms with van der Waals surface area (Å²) in [4.78, 5) is 18.1. The van der Waals surface area contributed by atoms with Gasteiger partial charge in [0.05, 0.1) is 11.4 Å². The lowest BCUT2D eigenvalue weighted by Crippen LogP contribution is -2.32. The van der Waals surface area contributed by atoms with E-state index in [9.17, 15) is 4.79 Å². The number of carboxylic acid groups (broad SMARTS) is 1. The van der Waals surface area contributed by atoms with Gasteiger partial charge in [0.15, 0.2) is 0 Å². The van der Waals surface area contributed by atoms with Gasteiger partial charge in [-0.2, -0.15) is 0 Å². The number of aromatic nitrogens is 2. The quantitative estimate of drug-likeness (QED) is 0.569. The maximum Gasteiger partial charge on any atom is 0.313 e. The average Bonchev–Trinajstić information content (AvgIpc) is 2.43. The van der Waals surface area contributed by atoms with Crippen LogP contribution < -0.4 is 5.32 Å². The molecule has 0 saturated carbocycles. The third-order valence-electron chi connectivity index (χ3n) is 2.21. The maximum atomic E-state index is 10.8. The molecular weight excluding hydrogens is 170 g/mol. The van der Waals surface area contributed by atoms with Crippen LogP contribution >= 0.6 is 0 Å². The van der Waals surface area contributed by atoms with Crippen LogP contribution in [0.3, 0.4) is 0 Å². The van der Waals surface area contributed by atoms with Gasteiger partial charge in [-0.1, -0.05) is 0 Å². The van der Waals surface area contributed by atoms with Gasteiger partial charge in [-0.3, -0.25) is 4.79 Å². The molecule has 2 rings (SSSR count). The number of carbonyl (C=O) groups is 1. The summed E-state index contributed by atoms with van der Waals surface area (Å²) in [6.07, 6.45) is 0. The van der Waals surface area contributed by atoms with Crippen LogP contribution in [0.5, 0.6) is 0 Å². The van der Waals surface area contributed by atoms with Crippen LogP contribution in [0.4, 0.5) is 0 Å². The van der Waals surface area contributed by atoms with Crippen molar-refractivity contribution in [2.75, 3.05) is 6.54 Å². The summed E-state index contributed by atoms with van der Waals surface area (Å²) in [7, 11) is 0. The molecule has 0 bridgehead atoms. The van der Waals surface area contributed by atoms with Crippen LogP contribution in [0.2, 0.25) is 0 Å². The second-order valence-corrected chi connectivity index (χ2v) is 3.21. The number of H-pyrrole nitrogens is 1. The Kier molecular flexibility index (Phi) is 1.81. The van der Waals surface area contributed by atoms with Crippen molar-refractivity contribution in [1.29, 1.82) is 0 Å². The Morgan fingerprint density at radius 3 is 3.15 bits per heavy atom. The Bertz CT molecular complexity index is 345. The minimum absolute atomic E-state index is 0.465. The number of fused-ring (bicyclic) bond motifs is 1. The number of rotatable bonds is 1. The molecule has 1 aromatic heterocycles. The van der Waals surface area contributed by atoms with Crippen LogP contribution in [-0.2, 0) is 11.3 Å². The van der Waals surface area contributed by atoms with Crippen LogP contribution in [0, 0.1) is 6.92 Å². The summed E-state index contributed by atoms with van der Waals surface area (Å²) in [6.45, 7) is 2.98. The van der Waals surface area contributed by atoms with Gasteiger partial charge in [-0.15, -0.1) is 0 Å². The number of hydrogen-bond acceptors (Lipinski definition) is 3. The molecule has 5 nitrogen and oxygen atoms in total. The second kappa shape index (κ2) is 2.85. The second-order valence-electron chi connectivity index (χ2n) is 3.21. The first-order chi connectivity index (χ1) is 6.18. The van der Waals surface area contributed by atoms with E-state index in [4.69, 9.17) is 5.11 Å². The fourth-order valence-electron chi connectivity index (χ4n) is 1.62. The predicted octanol–water partition coefficient (Wildman–Crippen LogP) is -0.0105. The molecule has 1 aliphatic heterocycles. The van der Waals surface area contributed by atoms with Gasteiger partial charge in [0, 0.05) is 13.1 Å². The van der Waals surface area contributed by atoms with Crippen molar-refractivity contribution in [3.63, 3.8) is 0 Å². The summed E-state index contributed by atoms with van der Waals surface area (Å²) >= 11 is 0. The van der Waals surface area contributed by atoms with E-state index in [-0.39, 0.29) is 0 Å². The molecule has 13 heavy (non-hydrogen) atoms. The Morgan fingerprint density at radius 2 is 2.46 bits per heavy atom. The topological polar surface area (TPSA) is 78.0 Å². The van der Waals surface area contributed by atoms with Gasteiger partial charge in [0.2, 0.25) is 0 Å². The molecule has 0 amide bonds. The number of nitrogens with one attached hydrogen (secondary N) is 2. The third-order valence-corrected chi connectivity index (χ3v) is 2.21. The van der Waals surface area contributed by atoms with Gasteiger partial charge >= 0.3 is 5.97 Å². The van der Waals surface area contributed by atoms with Crippen LogP contribution in [-0.4, -0.2) is 27.6 Å². The molecule has 0 saturated heterocycles. The zero-order valence-corrected chi connectivity index (χ0v) is 7.29. The van der Waals surface area contributed by atoms with Crippen molar-refractivity contribution in [3.05, 3.63) is 17.2 Å². The van der Waals surface area contributed by atoms with Crippen molar-refractivity contribution < 1.29 is 9.90 Å². The molecule has 1 aliphatic rings. The lowest BCUT2D eigenvalue weighted by Gasteiger charge is -2.18. The van der Waals surface area contributed by atoms with Gasteiger partial charge in [-0.05, 0) is 6.92 Å². The van der Waals surface area contributed by atoms with E-state index >= 15 is 0 Å². The largest absolute Gasteiger partial charge is 0.481 e. The Labute approximate surface area is 75.2 Å². The maximum absolute atomic E-state index is 10.8. The van der Waals surface area contributed by atoms with Gasteiger partial charge in [-0.25, -0.2) is 4.98 Å². The summed E-state index contributed by atoms with van der Waals surface area (Å²) in [5.41, 5.74) is 1.58. The summed E-state index contributed by atoms with van der Waals surface area (Å²) < 4.78 is 0. The highest BCUT2D eigenvalue weighted by Gasteiger charge is 2.28. The molecule has 70 valence electrons. The minimum atomic E-state index is -0.819. The smallest absolute Gasteiger partial charge is 0.313 e. The number of carboxylic acids is 1. The first kappa shape index (κ1) is 8.25. The first-order valence-corrected chi connectivity index (χ1v) is 4.17. The zero-order valence-electron chi connectivity index (χ0n) is 7.29. The number of aliphatic carboxylic acids is 1. The lowest BCUT2D eigenvalue weighted by atomic mass is 10.0. The normalized spacial score (nSPS) is 21.2. The molecule has 0 aliphatic carbocycles. The predicted molar refractivity (Wildman–Crippen MR) is 45.4 cm³/mol. The highest BCUT2D eigenvalue weighted by molar-refractivity contribution is 5.76. The van der Waals surface area contributed by atoms with E-state index in [1.54, 1.807) is 0 Å². The highest BCUT2D eigenvalue weighted by Crippen LogP contribution is 2.21. The molecule has 2 heterocycles. The Balaban J connectivity index is 2.41.